The van der Waals surface area contributed by atoms with E-state index in [1.54, 1.807) is 13.8 Å². The number of carbonyl (C=O) groups is 1. The lowest BCUT2D eigenvalue weighted by atomic mass is 9.90. The van der Waals surface area contributed by atoms with Crippen LogP contribution < -0.4 is 10.6 Å². The standard InChI is InChI=1S/C14H20N2O2/c1-14(2,18)9-16-13(17)11-7-8-15-12-6-4-3-5-10(11)12/h3-6,11,15,18H,7-9H2,1-2H3,(H,16,17). The Kier molecular flexibility index (Phi) is 3.57. The van der Waals surface area contributed by atoms with E-state index in [4.69, 9.17) is 0 Å². The maximum absolute atomic E-state index is 12.2. The first-order chi connectivity index (χ1) is 8.47. The van der Waals surface area contributed by atoms with E-state index < -0.39 is 5.60 Å². The third-order valence-corrected chi connectivity index (χ3v) is 3.10. The van der Waals surface area contributed by atoms with Gasteiger partial charge >= 0.3 is 0 Å². The molecule has 0 radical (unpaired) electrons. The largest absolute Gasteiger partial charge is 0.389 e. The quantitative estimate of drug-likeness (QED) is 0.759. The van der Waals surface area contributed by atoms with Gasteiger partial charge in [0.05, 0.1) is 11.5 Å². The molecule has 0 saturated heterocycles. The number of hydrogen-bond donors (Lipinski definition) is 3. The van der Waals surface area contributed by atoms with Crippen LogP contribution in [0.15, 0.2) is 24.3 Å². The predicted octanol–water partition coefficient (Wildman–Crippen LogP) is 1.47. The average molecular weight is 248 g/mol. The second-order valence-corrected chi connectivity index (χ2v) is 5.39. The molecule has 0 bridgehead atoms. The maximum Gasteiger partial charge on any atom is 0.227 e. The summed E-state index contributed by atoms with van der Waals surface area (Å²) in [4.78, 5) is 12.2. The molecule has 1 atom stereocenters. The number of para-hydroxylation sites is 1. The average Bonchev–Trinajstić information content (AvgIpc) is 2.34. The lowest BCUT2D eigenvalue weighted by Crippen LogP contribution is -2.41. The third kappa shape index (κ3) is 3.01. The zero-order chi connectivity index (χ0) is 13.2. The van der Waals surface area contributed by atoms with Crippen molar-refractivity contribution in [2.75, 3.05) is 18.4 Å². The molecule has 0 aliphatic carbocycles. The lowest BCUT2D eigenvalue weighted by molar-refractivity contribution is -0.123. The van der Waals surface area contributed by atoms with Gasteiger partial charge in [-0.2, -0.15) is 0 Å². The third-order valence-electron chi connectivity index (χ3n) is 3.10. The Morgan fingerprint density at radius 2 is 2.22 bits per heavy atom. The van der Waals surface area contributed by atoms with Crippen molar-refractivity contribution in [2.24, 2.45) is 0 Å². The van der Waals surface area contributed by atoms with Gasteiger partial charge in [0.25, 0.3) is 0 Å². The number of nitrogens with one attached hydrogen (secondary N) is 2. The fraction of sp³-hybridized carbons (Fsp3) is 0.500. The Hall–Kier alpha value is -1.55. The van der Waals surface area contributed by atoms with Crippen LogP contribution in [0.25, 0.3) is 0 Å². The van der Waals surface area contributed by atoms with E-state index in [2.05, 4.69) is 10.6 Å². The van der Waals surface area contributed by atoms with Crippen LogP contribution in [0.2, 0.25) is 0 Å². The van der Waals surface area contributed by atoms with Crippen molar-refractivity contribution in [3.63, 3.8) is 0 Å². The molecule has 2 rings (SSSR count). The molecule has 1 amide bonds. The van der Waals surface area contributed by atoms with E-state index in [-0.39, 0.29) is 18.4 Å². The number of carbonyl (C=O) groups excluding carboxylic acids is 1. The van der Waals surface area contributed by atoms with E-state index in [9.17, 15) is 9.90 Å². The molecule has 4 nitrogen and oxygen atoms in total. The van der Waals surface area contributed by atoms with Gasteiger partial charge in [-0.25, -0.2) is 0 Å². The molecule has 4 heteroatoms. The smallest absolute Gasteiger partial charge is 0.227 e. The van der Waals surface area contributed by atoms with Gasteiger partial charge in [-0.3, -0.25) is 4.79 Å². The van der Waals surface area contributed by atoms with Crippen LogP contribution in [0.1, 0.15) is 31.7 Å². The van der Waals surface area contributed by atoms with Crippen LogP contribution in [0.5, 0.6) is 0 Å². The second-order valence-electron chi connectivity index (χ2n) is 5.39. The highest BCUT2D eigenvalue weighted by atomic mass is 16.3. The number of aliphatic hydroxyl groups is 1. The fourth-order valence-electron chi connectivity index (χ4n) is 2.17. The van der Waals surface area contributed by atoms with Gasteiger partial charge in [-0.15, -0.1) is 0 Å². The SMILES string of the molecule is CC(C)(O)CNC(=O)C1CCNc2ccccc21. The first-order valence-corrected chi connectivity index (χ1v) is 6.30. The molecule has 3 N–H and O–H groups in total. The predicted molar refractivity (Wildman–Crippen MR) is 71.6 cm³/mol. The molecule has 0 saturated carbocycles. The van der Waals surface area contributed by atoms with Crippen LogP contribution in [-0.4, -0.2) is 29.7 Å². The summed E-state index contributed by atoms with van der Waals surface area (Å²) in [6, 6.07) is 7.88. The lowest BCUT2D eigenvalue weighted by Gasteiger charge is -2.27. The normalized spacial score (nSPS) is 18.7. The number of hydrogen-bond acceptors (Lipinski definition) is 3. The van der Waals surface area contributed by atoms with Crippen molar-refractivity contribution >= 4 is 11.6 Å². The minimum Gasteiger partial charge on any atom is -0.389 e. The number of rotatable bonds is 3. The van der Waals surface area contributed by atoms with Crippen molar-refractivity contribution in [3.8, 4) is 0 Å². The molecule has 18 heavy (non-hydrogen) atoms. The Labute approximate surface area is 107 Å². The molecule has 1 aromatic carbocycles. The Morgan fingerprint density at radius 3 is 2.94 bits per heavy atom. The van der Waals surface area contributed by atoms with Gasteiger partial charge in [0.1, 0.15) is 0 Å². The number of anilines is 1. The summed E-state index contributed by atoms with van der Waals surface area (Å²) < 4.78 is 0. The van der Waals surface area contributed by atoms with Gasteiger partial charge in [0.15, 0.2) is 0 Å². The maximum atomic E-state index is 12.2. The topological polar surface area (TPSA) is 61.4 Å². The summed E-state index contributed by atoms with van der Waals surface area (Å²) in [5.74, 6) is -0.129. The van der Waals surface area contributed by atoms with E-state index in [0.717, 1.165) is 24.2 Å². The molecule has 1 heterocycles. The van der Waals surface area contributed by atoms with Gasteiger partial charge < -0.3 is 15.7 Å². The molecule has 1 aromatic rings. The van der Waals surface area contributed by atoms with E-state index in [1.165, 1.54) is 0 Å². The summed E-state index contributed by atoms with van der Waals surface area (Å²) in [6.07, 6.45) is 0.786. The van der Waals surface area contributed by atoms with Crippen LogP contribution in [0, 0.1) is 0 Å². The highest BCUT2D eigenvalue weighted by Crippen LogP contribution is 2.31. The van der Waals surface area contributed by atoms with Crippen LogP contribution in [-0.2, 0) is 4.79 Å². The minimum absolute atomic E-state index is 0.00826. The zero-order valence-electron chi connectivity index (χ0n) is 10.9. The van der Waals surface area contributed by atoms with Crippen molar-refractivity contribution in [2.45, 2.75) is 31.8 Å². The summed E-state index contributed by atoms with van der Waals surface area (Å²) in [5.41, 5.74) is 1.20. The molecule has 0 fully saturated rings. The first kappa shape index (κ1) is 12.9. The summed E-state index contributed by atoms with van der Waals surface area (Å²) in [6.45, 7) is 4.45. The zero-order valence-corrected chi connectivity index (χ0v) is 10.9. The summed E-state index contributed by atoms with van der Waals surface area (Å²) in [7, 11) is 0. The van der Waals surface area contributed by atoms with Crippen molar-refractivity contribution in [1.82, 2.24) is 5.32 Å². The molecule has 1 aliphatic heterocycles. The van der Waals surface area contributed by atoms with E-state index in [0.29, 0.717) is 0 Å². The van der Waals surface area contributed by atoms with Gasteiger partial charge in [-0.1, -0.05) is 18.2 Å². The van der Waals surface area contributed by atoms with Gasteiger partial charge in [0, 0.05) is 18.8 Å². The molecule has 0 aromatic heterocycles. The molecule has 98 valence electrons. The molecule has 1 unspecified atom stereocenters. The summed E-state index contributed by atoms with van der Waals surface area (Å²) in [5, 5.41) is 15.7. The van der Waals surface area contributed by atoms with Crippen LogP contribution in [0.4, 0.5) is 5.69 Å². The summed E-state index contributed by atoms with van der Waals surface area (Å²) >= 11 is 0. The highest BCUT2D eigenvalue weighted by molar-refractivity contribution is 5.86. The van der Waals surface area contributed by atoms with Crippen molar-refractivity contribution in [1.29, 1.82) is 0 Å². The fourth-order valence-corrected chi connectivity index (χ4v) is 2.17. The Morgan fingerprint density at radius 1 is 1.50 bits per heavy atom. The molecule has 1 aliphatic rings. The van der Waals surface area contributed by atoms with Crippen molar-refractivity contribution in [3.05, 3.63) is 29.8 Å². The molecular weight excluding hydrogens is 228 g/mol. The van der Waals surface area contributed by atoms with Gasteiger partial charge in [0.2, 0.25) is 5.91 Å². The van der Waals surface area contributed by atoms with Crippen LogP contribution in [0.3, 0.4) is 0 Å². The Balaban J connectivity index is 2.08. The number of benzene rings is 1. The Bertz CT molecular complexity index is 438. The molecular formula is C14H20N2O2. The molecule has 0 spiro atoms. The first-order valence-electron chi connectivity index (χ1n) is 6.30. The van der Waals surface area contributed by atoms with E-state index >= 15 is 0 Å². The van der Waals surface area contributed by atoms with Gasteiger partial charge in [-0.05, 0) is 31.9 Å². The second kappa shape index (κ2) is 4.98. The highest BCUT2D eigenvalue weighted by Gasteiger charge is 2.26. The van der Waals surface area contributed by atoms with E-state index in [1.807, 2.05) is 24.3 Å². The number of fused-ring (bicyclic) bond motifs is 1. The number of amides is 1. The minimum atomic E-state index is -0.873. The van der Waals surface area contributed by atoms with Crippen molar-refractivity contribution < 1.29 is 9.90 Å². The monoisotopic (exact) mass is 248 g/mol. The van der Waals surface area contributed by atoms with Crippen LogP contribution >= 0.6 is 0 Å².